The standard InChI is InChI=1S/C12H16BrNO2S/c1-14(9-10-5-4-6-10)17(15,16)12-8-3-2-7-11(12)13/h2-3,7-8,10H,4-6,9H2,1H3. The number of hydrogen-bond donors (Lipinski definition) is 0. The van der Waals surface area contributed by atoms with E-state index in [0.717, 1.165) is 12.8 Å². The summed E-state index contributed by atoms with van der Waals surface area (Å²) in [6, 6.07) is 6.95. The molecule has 0 aromatic heterocycles. The second kappa shape index (κ2) is 5.08. The fourth-order valence-corrected chi connectivity index (χ4v) is 4.17. The van der Waals surface area contributed by atoms with Crippen LogP contribution < -0.4 is 0 Å². The van der Waals surface area contributed by atoms with Crippen LogP contribution in [0.25, 0.3) is 0 Å². The highest BCUT2D eigenvalue weighted by molar-refractivity contribution is 9.10. The van der Waals surface area contributed by atoms with Crippen molar-refractivity contribution in [3.05, 3.63) is 28.7 Å². The molecule has 0 atom stereocenters. The zero-order valence-electron chi connectivity index (χ0n) is 9.77. The van der Waals surface area contributed by atoms with Crippen LogP contribution in [0, 0.1) is 5.92 Å². The van der Waals surface area contributed by atoms with E-state index in [9.17, 15) is 8.42 Å². The molecule has 1 saturated carbocycles. The zero-order valence-corrected chi connectivity index (χ0v) is 12.2. The minimum absolute atomic E-state index is 0.349. The molecule has 0 saturated heterocycles. The van der Waals surface area contributed by atoms with Crippen molar-refractivity contribution in [2.45, 2.75) is 24.2 Å². The second-order valence-electron chi connectivity index (χ2n) is 4.51. The largest absolute Gasteiger partial charge is 0.243 e. The van der Waals surface area contributed by atoms with Crippen LogP contribution in [0.3, 0.4) is 0 Å². The van der Waals surface area contributed by atoms with E-state index in [2.05, 4.69) is 15.9 Å². The second-order valence-corrected chi connectivity index (χ2v) is 7.38. The van der Waals surface area contributed by atoms with Crippen LogP contribution in [0.15, 0.2) is 33.6 Å². The normalized spacial score (nSPS) is 17.1. The Morgan fingerprint density at radius 3 is 2.53 bits per heavy atom. The lowest BCUT2D eigenvalue weighted by atomic mass is 9.86. The van der Waals surface area contributed by atoms with Crippen molar-refractivity contribution in [3.8, 4) is 0 Å². The van der Waals surface area contributed by atoms with Crippen molar-refractivity contribution < 1.29 is 8.42 Å². The molecule has 0 radical (unpaired) electrons. The van der Waals surface area contributed by atoms with Gasteiger partial charge in [-0.05, 0) is 46.8 Å². The predicted molar refractivity (Wildman–Crippen MR) is 71.3 cm³/mol. The molecule has 1 fully saturated rings. The Hall–Kier alpha value is -0.390. The van der Waals surface area contributed by atoms with E-state index in [1.807, 2.05) is 6.07 Å². The molecular formula is C12H16BrNO2S. The number of benzene rings is 1. The lowest BCUT2D eigenvalue weighted by Gasteiger charge is -2.29. The molecule has 17 heavy (non-hydrogen) atoms. The molecule has 0 heterocycles. The summed E-state index contributed by atoms with van der Waals surface area (Å²) in [5, 5.41) is 0. The summed E-state index contributed by atoms with van der Waals surface area (Å²) in [6.07, 6.45) is 3.53. The van der Waals surface area contributed by atoms with Crippen molar-refractivity contribution in [1.29, 1.82) is 0 Å². The van der Waals surface area contributed by atoms with Crippen LogP contribution in [-0.2, 0) is 10.0 Å². The van der Waals surface area contributed by atoms with Crippen molar-refractivity contribution in [2.24, 2.45) is 5.92 Å². The Morgan fingerprint density at radius 1 is 1.35 bits per heavy atom. The summed E-state index contributed by atoms with van der Waals surface area (Å²) in [5.41, 5.74) is 0. The van der Waals surface area contributed by atoms with Gasteiger partial charge < -0.3 is 0 Å². The monoisotopic (exact) mass is 317 g/mol. The van der Waals surface area contributed by atoms with Crippen molar-refractivity contribution in [1.82, 2.24) is 4.31 Å². The van der Waals surface area contributed by atoms with Crippen LogP contribution in [0.1, 0.15) is 19.3 Å². The van der Waals surface area contributed by atoms with Gasteiger partial charge in [-0.25, -0.2) is 12.7 Å². The van der Waals surface area contributed by atoms with Gasteiger partial charge in [0.15, 0.2) is 0 Å². The van der Waals surface area contributed by atoms with E-state index < -0.39 is 10.0 Å². The molecule has 0 amide bonds. The molecule has 0 bridgehead atoms. The topological polar surface area (TPSA) is 37.4 Å². The average Bonchev–Trinajstić information content (AvgIpc) is 2.23. The molecule has 1 aliphatic rings. The number of nitrogens with zero attached hydrogens (tertiary/aromatic N) is 1. The van der Waals surface area contributed by atoms with Gasteiger partial charge in [0, 0.05) is 18.1 Å². The molecule has 0 N–H and O–H groups in total. The minimum atomic E-state index is -3.35. The van der Waals surface area contributed by atoms with Crippen LogP contribution >= 0.6 is 15.9 Å². The Labute approximate surface area is 111 Å². The first-order valence-corrected chi connectivity index (χ1v) is 7.96. The van der Waals surface area contributed by atoms with Gasteiger partial charge in [-0.1, -0.05) is 18.6 Å². The summed E-state index contributed by atoms with van der Waals surface area (Å²) in [4.78, 5) is 0.349. The third-order valence-corrected chi connectivity index (χ3v) is 6.10. The van der Waals surface area contributed by atoms with Gasteiger partial charge in [0.25, 0.3) is 0 Å². The summed E-state index contributed by atoms with van der Waals surface area (Å²) in [5.74, 6) is 0.539. The molecular weight excluding hydrogens is 302 g/mol. The van der Waals surface area contributed by atoms with Crippen LogP contribution in [0.2, 0.25) is 0 Å². The highest BCUT2D eigenvalue weighted by atomic mass is 79.9. The molecule has 3 nitrogen and oxygen atoms in total. The van der Waals surface area contributed by atoms with E-state index in [-0.39, 0.29) is 0 Å². The highest BCUT2D eigenvalue weighted by Crippen LogP contribution is 2.30. The quantitative estimate of drug-likeness (QED) is 0.856. The fraction of sp³-hybridized carbons (Fsp3) is 0.500. The number of rotatable bonds is 4. The Bertz CT molecular complexity index is 497. The van der Waals surface area contributed by atoms with Crippen LogP contribution in [0.5, 0.6) is 0 Å². The molecule has 5 heteroatoms. The van der Waals surface area contributed by atoms with E-state index in [1.165, 1.54) is 10.7 Å². The average molecular weight is 318 g/mol. The molecule has 0 aliphatic heterocycles. The molecule has 1 aromatic carbocycles. The van der Waals surface area contributed by atoms with Crippen molar-refractivity contribution in [3.63, 3.8) is 0 Å². The lowest BCUT2D eigenvalue weighted by molar-refractivity contribution is 0.263. The summed E-state index contributed by atoms with van der Waals surface area (Å²) in [6.45, 7) is 0.629. The third-order valence-electron chi connectivity index (χ3n) is 3.26. The Balaban J connectivity index is 2.20. The lowest BCUT2D eigenvalue weighted by Crippen LogP contribution is -2.34. The summed E-state index contributed by atoms with van der Waals surface area (Å²) >= 11 is 3.29. The first-order valence-electron chi connectivity index (χ1n) is 5.72. The highest BCUT2D eigenvalue weighted by Gasteiger charge is 2.27. The van der Waals surface area contributed by atoms with Gasteiger partial charge in [0.1, 0.15) is 0 Å². The molecule has 94 valence electrons. The van der Waals surface area contributed by atoms with E-state index in [1.54, 1.807) is 25.2 Å². The maximum absolute atomic E-state index is 12.3. The fourth-order valence-electron chi connectivity index (χ4n) is 1.96. The summed E-state index contributed by atoms with van der Waals surface area (Å²) < 4.78 is 26.7. The number of hydrogen-bond acceptors (Lipinski definition) is 2. The predicted octanol–water partition coefficient (Wildman–Crippen LogP) is 2.87. The van der Waals surface area contributed by atoms with Crippen molar-refractivity contribution in [2.75, 3.05) is 13.6 Å². The first kappa shape index (κ1) is 13.1. The van der Waals surface area contributed by atoms with E-state index >= 15 is 0 Å². The van der Waals surface area contributed by atoms with E-state index in [0.29, 0.717) is 21.8 Å². The number of sulfonamides is 1. The van der Waals surface area contributed by atoms with Crippen LogP contribution in [0.4, 0.5) is 0 Å². The van der Waals surface area contributed by atoms with Gasteiger partial charge in [-0.3, -0.25) is 0 Å². The molecule has 0 spiro atoms. The minimum Gasteiger partial charge on any atom is -0.207 e. The van der Waals surface area contributed by atoms with Crippen molar-refractivity contribution >= 4 is 26.0 Å². The van der Waals surface area contributed by atoms with E-state index in [4.69, 9.17) is 0 Å². The summed E-state index contributed by atoms with van der Waals surface area (Å²) in [7, 11) is -1.69. The maximum atomic E-state index is 12.3. The SMILES string of the molecule is CN(CC1CCC1)S(=O)(=O)c1ccccc1Br. The molecule has 2 rings (SSSR count). The number of halogens is 1. The smallest absolute Gasteiger partial charge is 0.207 e. The molecule has 0 unspecified atom stereocenters. The third kappa shape index (κ3) is 2.72. The molecule has 1 aliphatic carbocycles. The zero-order chi connectivity index (χ0) is 12.5. The first-order chi connectivity index (χ1) is 8.01. The molecule has 1 aromatic rings. The van der Waals surface area contributed by atoms with Gasteiger partial charge in [0.05, 0.1) is 4.90 Å². The van der Waals surface area contributed by atoms with Crippen LogP contribution in [-0.4, -0.2) is 26.3 Å². The van der Waals surface area contributed by atoms with Gasteiger partial charge in [-0.2, -0.15) is 0 Å². The maximum Gasteiger partial charge on any atom is 0.243 e. The van der Waals surface area contributed by atoms with Gasteiger partial charge in [-0.15, -0.1) is 0 Å². The van der Waals surface area contributed by atoms with Gasteiger partial charge >= 0.3 is 0 Å². The Kier molecular flexibility index (Phi) is 3.90. The van der Waals surface area contributed by atoms with Gasteiger partial charge in [0.2, 0.25) is 10.0 Å². The Morgan fingerprint density at radius 2 is 2.00 bits per heavy atom.